The monoisotopic (exact) mass is 369 g/mol. The fourth-order valence-corrected chi connectivity index (χ4v) is 3.09. The van der Waals surface area contributed by atoms with Crippen molar-refractivity contribution in [3.05, 3.63) is 54.0 Å². The van der Waals surface area contributed by atoms with E-state index in [0.717, 1.165) is 32.7 Å². The van der Waals surface area contributed by atoms with Crippen LogP contribution in [-0.4, -0.2) is 54.3 Å². The number of benzene rings is 1. The van der Waals surface area contributed by atoms with Crippen molar-refractivity contribution >= 4 is 17.5 Å². The van der Waals surface area contributed by atoms with E-state index in [-0.39, 0.29) is 17.6 Å². The fourth-order valence-electron chi connectivity index (χ4n) is 3.09. The molecular weight excluding hydrogens is 342 g/mol. The number of carbonyl (C=O) groups is 2. The summed E-state index contributed by atoms with van der Waals surface area (Å²) in [6, 6.07) is 10.3. The lowest BCUT2D eigenvalue weighted by Gasteiger charge is -2.35. The van der Waals surface area contributed by atoms with Gasteiger partial charge in [-0.25, -0.2) is 0 Å². The second kappa shape index (κ2) is 8.86. The van der Waals surface area contributed by atoms with Crippen LogP contribution >= 0.6 is 0 Å². The number of nitrogens with one attached hydrogen (secondary N) is 1. The van der Waals surface area contributed by atoms with Crippen LogP contribution in [0, 0.1) is 5.92 Å². The van der Waals surface area contributed by atoms with Gasteiger partial charge in [-0.1, -0.05) is 13.8 Å². The second-order valence-electron chi connectivity index (χ2n) is 7.33. The minimum absolute atomic E-state index is 0.0439. The van der Waals surface area contributed by atoms with Crippen LogP contribution in [0.3, 0.4) is 0 Å². The lowest BCUT2D eigenvalue weighted by molar-refractivity contribution is 0.0632. The Bertz CT molecular complexity index is 745. The predicted molar refractivity (Wildman–Crippen MR) is 105 cm³/mol. The maximum absolute atomic E-state index is 12.7. The van der Waals surface area contributed by atoms with E-state index in [0.29, 0.717) is 17.2 Å². The van der Waals surface area contributed by atoms with Crippen molar-refractivity contribution in [1.82, 2.24) is 9.80 Å². The highest BCUT2D eigenvalue weighted by atomic mass is 16.3. The average molecular weight is 369 g/mol. The molecule has 1 fully saturated rings. The highest BCUT2D eigenvalue weighted by Gasteiger charge is 2.22. The summed E-state index contributed by atoms with van der Waals surface area (Å²) in [7, 11) is 0. The number of piperazine rings is 1. The number of hydrogen-bond donors (Lipinski definition) is 1. The first-order chi connectivity index (χ1) is 13.0. The first-order valence-electron chi connectivity index (χ1n) is 9.49. The number of rotatable bonds is 6. The van der Waals surface area contributed by atoms with Crippen LogP contribution in [0.2, 0.25) is 0 Å². The Morgan fingerprint density at radius 2 is 1.78 bits per heavy atom. The van der Waals surface area contributed by atoms with Crippen molar-refractivity contribution in [2.45, 2.75) is 20.3 Å². The Balaban J connectivity index is 1.51. The van der Waals surface area contributed by atoms with Gasteiger partial charge in [0, 0.05) is 37.4 Å². The van der Waals surface area contributed by atoms with Crippen LogP contribution in [0.15, 0.2) is 47.1 Å². The molecule has 2 aromatic rings. The molecule has 6 heteroatoms. The van der Waals surface area contributed by atoms with Gasteiger partial charge in [0.25, 0.3) is 11.8 Å². The third-order valence-corrected chi connectivity index (χ3v) is 4.82. The molecule has 144 valence electrons. The molecule has 0 bridgehead atoms. The normalized spacial score (nSPS) is 15.1. The molecule has 1 aliphatic rings. The molecule has 1 N–H and O–H groups in total. The second-order valence-corrected chi connectivity index (χ2v) is 7.33. The van der Waals surface area contributed by atoms with Gasteiger partial charge in [0.15, 0.2) is 5.76 Å². The SMILES string of the molecule is CC(C)CCN1CCN(C(=O)c2ccc(NC(=O)c3ccco3)cc2)CC1. The molecule has 1 aromatic carbocycles. The standard InChI is InChI=1S/C21H27N3O3/c1-16(2)9-10-23-11-13-24(14-12-23)21(26)17-5-7-18(8-6-17)22-20(25)19-4-3-15-27-19/h3-8,15-16H,9-14H2,1-2H3,(H,22,25). The summed E-state index contributed by atoms with van der Waals surface area (Å²) >= 11 is 0. The summed E-state index contributed by atoms with van der Waals surface area (Å²) in [6.45, 7) is 8.94. The molecule has 2 heterocycles. The van der Waals surface area contributed by atoms with Crippen molar-refractivity contribution in [2.75, 3.05) is 38.0 Å². The first kappa shape index (κ1) is 19.2. The van der Waals surface area contributed by atoms with Gasteiger partial charge in [-0.15, -0.1) is 0 Å². The number of hydrogen-bond acceptors (Lipinski definition) is 4. The minimum atomic E-state index is -0.309. The Kier molecular flexibility index (Phi) is 6.29. The summed E-state index contributed by atoms with van der Waals surface area (Å²) in [6.07, 6.45) is 2.65. The van der Waals surface area contributed by atoms with Crippen molar-refractivity contribution in [3.63, 3.8) is 0 Å². The molecule has 0 saturated carbocycles. The van der Waals surface area contributed by atoms with E-state index in [2.05, 4.69) is 24.1 Å². The van der Waals surface area contributed by atoms with Crippen molar-refractivity contribution in [2.24, 2.45) is 5.92 Å². The van der Waals surface area contributed by atoms with E-state index in [9.17, 15) is 9.59 Å². The Labute approximate surface area is 160 Å². The van der Waals surface area contributed by atoms with Gasteiger partial charge in [0.1, 0.15) is 0 Å². The fraction of sp³-hybridized carbons (Fsp3) is 0.429. The zero-order valence-corrected chi connectivity index (χ0v) is 16.0. The molecule has 1 aromatic heterocycles. The summed E-state index contributed by atoms with van der Waals surface area (Å²) < 4.78 is 5.07. The van der Waals surface area contributed by atoms with Gasteiger partial charge < -0.3 is 14.6 Å². The van der Waals surface area contributed by atoms with Crippen LogP contribution in [0.4, 0.5) is 5.69 Å². The molecular formula is C21H27N3O3. The zero-order valence-electron chi connectivity index (χ0n) is 16.0. The van der Waals surface area contributed by atoms with Crippen molar-refractivity contribution in [1.29, 1.82) is 0 Å². The summed E-state index contributed by atoms with van der Waals surface area (Å²) in [4.78, 5) is 29.0. The number of furan rings is 1. The van der Waals surface area contributed by atoms with Crippen molar-refractivity contribution in [3.8, 4) is 0 Å². The van der Waals surface area contributed by atoms with Gasteiger partial charge in [0.2, 0.25) is 0 Å². The van der Waals surface area contributed by atoms with E-state index in [1.54, 1.807) is 36.4 Å². The molecule has 0 radical (unpaired) electrons. The van der Waals surface area contributed by atoms with Crippen LogP contribution in [0.5, 0.6) is 0 Å². The highest BCUT2D eigenvalue weighted by molar-refractivity contribution is 6.02. The molecule has 3 rings (SSSR count). The Hall–Kier alpha value is -2.60. The summed E-state index contributed by atoms with van der Waals surface area (Å²) in [5.41, 5.74) is 1.27. The summed E-state index contributed by atoms with van der Waals surface area (Å²) in [5, 5.41) is 2.75. The quantitative estimate of drug-likeness (QED) is 0.848. The minimum Gasteiger partial charge on any atom is -0.459 e. The van der Waals surface area contributed by atoms with Crippen LogP contribution < -0.4 is 5.32 Å². The van der Waals surface area contributed by atoms with E-state index >= 15 is 0 Å². The van der Waals surface area contributed by atoms with E-state index < -0.39 is 0 Å². The van der Waals surface area contributed by atoms with E-state index in [1.165, 1.54) is 12.7 Å². The number of carbonyl (C=O) groups excluding carboxylic acids is 2. The maximum atomic E-state index is 12.7. The summed E-state index contributed by atoms with van der Waals surface area (Å²) in [5.74, 6) is 0.695. The number of amides is 2. The van der Waals surface area contributed by atoms with Gasteiger partial charge in [-0.05, 0) is 55.3 Å². The zero-order chi connectivity index (χ0) is 19.2. The lowest BCUT2D eigenvalue weighted by atomic mass is 10.1. The third kappa shape index (κ3) is 5.20. The molecule has 1 aliphatic heterocycles. The smallest absolute Gasteiger partial charge is 0.291 e. The molecule has 0 unspecified atom stereocenters. The first-order valence-corrected chi connectivity index (χ1v) is 9.49. The van der Waals surface area contributed by atoms with Crippen LogP contribution in [-0.2, 0) is 0 Å². The van der Waals surface area contributed by atoms with Gasteiger partial charge in [0.05, 0.1) is 6.26 Å². The van der Waals surface area contributed by atoms with E-state index in [4.69, 9.17) is 4.42 Å². The van der Waals surface area contributed by atoms with Gasteiger partial charge in [-0.3, -0.25) is 14.5 Å². The van der Waals surface area contributed by atoms with Gasteiger partial charge >= 0.3 is 0 Å². The molecule has 2 amide bonds. The van der Waals surface area contributed by atoms with Crippen LogP contribution in [0.25, 0.3) is 0 Å². The molecule has 27 heavy (non-hydrogen) atoms. The third-order valence-electron chi connectivity index (χ3n) is 4.82. The average Bonchev–Trinajstić information content (AvgIpc) is 3.22. The molecule has 0 atom stereocenters. The number of anilines is 1. The van der Waals surface area contributed by atoms with Crippen LogP contribution in [0.1, 0.15) is 41.2 Å². The maximum Gasteiger partial charge on any atom is 0.291 e. The van der Waals surface area contributed by atoms with Gasteiger partial charge in [-0.2, -0.15) is 0 Å². The lowest BCUT2D eigenvalue weighted by Crippen LogP contribution is -2.49. The Morgan fingerprint density at radius 1 is 1.07 bits per heavy atom. The molecule has 0 spiro atoms. The number of nitrogens with zero attached hydrogens (tertiary/aromatic N) is 2. The molecule has 6 nitrogen and oxygen atoms in total. The molecule has 1 saturated heterocycles. The predicted octanol–water partition coefficient (Wildman–Crippen LogP) is 3.34. The Morgan fingerprint density at radius 3 is 2.37 bits per heavy atom. The van der Waals surface area contributed by atoms with E-state index in [1.807, 2.05) is 4.90 Å². The largest absolute Gasteiger partial charge is 0.459 e. The molecule has 0 aliphatic carbocycles. The highest BCUT2D eigenvalue weighted by Crippen LogP contribution is 2.15. The van der Waals surface area contributed by atoms with Crippen molar-refractivity contribution < 1.29 is 14.0 Å². The topological polar surface area (TPSA) is 65.8 Å².